The SMILES string of the molecule is O=C(C1CN(c2cccc(C(F)(F)F)n2)CCO1)N1CCOCC1. The number of alkyl halides is 3. The highest BCUT2D eigenvalue weighted by atomic mass is 19.4. The summed E-state index contributed by atoms with van der Waals surface area (Å²) in [6, 6.07) is 3.76. The molecule has 0 spiro atoms. The number of aromatic nitrogens is 1. The van der Waals surface area contributed by atoms with Crippen LogP contribution in [0.2, 0.25) is 0 Å². The van der Waals surface area contributed by atoms with E-state index in [1.165, 1.54) is 12.1 Å². The van der Waals surface area contributed by atoms with Crippen molar-refractivity contribution in [3.63, 3.8) is 0 Å². The van der Waals surface area contributed by atoms with E-state index in [9.17, 15) is 18.0 Å². The molecule has 9 heteroatoms. The third-order valence-electron chi connectivity index (χ3n) is 4.01. The number of carbonyl (C=O) groups is 1. The average Bonchev–Trinajstić information content (AvgIpc) is 2.61. The number of ether oxygens (including phenoxy) is 2. The van der Waals surface area contributed by atoms with Crippen molar-refractivity contribution in [2.75, 3.05) is 50.9 Å². The molecule has 1 amide bonds. The van der Waals surface area contributed by atoms with E-state index in [0.717, 1.165) is 6.07 Å². The van der Waals surface area contributed by atoms with Crippen molar-refractivity contribution in [1.29, 1.82) is 0 Å². The molecule has 0 aromatic carbocycles. The topological polar surface area (TPSA) is 54.9 Å². The Morgan fingerprint density at radius 1 is 1.17 bits per heavy atom. The van der Waals surface area contributed by atoms with Crippen molar-refractivity contribution < 1.29 is 27.4 Å². The second-order valence-corrected chi connectivity index (χ2v) is 5.62. The Morgan fingerprint density at radius 3 is 2.62 bits per heavy atom. The van der Waals surface area contributed by atoms with Crippen molar-refractivity contribution >= 4 is 11.7 Å². The second-order valence-electron chi connectivity index (χ2n) is 5.62. The van der Waals surface area contributed by atoms with Crippen LogP contribution >= 0.6 is 0 Å². The molecule has 0 N–H and O–H groups in total. The van der Waals surface area contributed by atoms with Gasteiger partial charge in [0.25, 0.3) is 5.91 Å². The zero-order chi connectivity index (χ0) is 17.2. The van der Waals surface area contributed by atoms with Crippen LogP contribution in [-0.2, 0) is 20.4 Å². The van der Waals surface area contributed by atoms with Gasteiger partial charge < -0.3 is 19.3 Å². The number of nitrogens with zero attached hydrogens (tertiary/aromatic N) is 3. The molecule has 3 rings (SSSR count). The van der Waals surface area contributed by atoms with E-state index in [2.05, 4.69) is 4.98 Å². The molecule has 2 saturated heterocycles. The fraction of sp³-hybridized carbons (Fsp3) is 0.600. The average molecular weight is 345 g/mol. The molecular formula is C15H18F3N3O3. The summed E-state index contributed by atoms with van der Waals surface area (Å²) >= 11 is 0. The van der Waals surface area contributed by atoms with Gasteiger partial charge in [0, 0.05) is 19.6 Å². The van der Waals surface area contributed by atoms with Crippen molar-refractivity contribution in [3.8, 4) is 0 Å². The Balaban J connectivity index is 1.70. The van der Waals surface area contributed by atoms with Crippen molar-refractivity contribution in [3.05, 3.63) is 23.9 Å². The summed E-state index contributed by atoms with van der Waals surface area (Å²) in [7, 11) is 0. The van der Waals surface area contributed by atoms with Crippen LogP contribution in [-0.4, -0.2) is 67.9 Å². The first kappa shape index (κ1) is 17.0. The van der Waals surface area contributed by atoms with E-state index in [1.54, 1.807) is 9.80 Å². The number of pyridine rings is 1. The predicted molar refractivity (Wildman–Crippen MR) is 78.6 cm³/mol. The zero-order valence-corrected chi connectivity index (χ0v) is 13.0. The third-order valence-corrected chi connectivity index (χ3v) is 4.01. The monoisotopic (exact) mass is 345 g/mol. The fourth-order valence-electron chi connectivity index (χ4n) is 2.75. The maximum Gasteiger partial charge on any atom is 0.433 e. The number of rotatable bonds is 2. The Hall–Kier alpha value is -1.87. The molecule has 1 aromatic heterocycles. The molecule has 1 aromatic rings. The minimum atomic E-state index is -4.49. The Morgan fingerprint density at radius 2 is 1.92 bits per heavy atom. The number of amides is 1. The van der Waals surface area contributed by atoms with Gasteiger partial charge in [-0.1, -0.05) is 6.07 Å². The smallest absolute Gasteiger partial charge is 0.378 e. The molecule has 1 atom stereocenters. The van der Waals surface area contributed by atoms with Crippen molar-refractivity contribution in [2.24, 2.45) is 0 Å². The minimum Gasteiger partial charge on any atom is -0.378 e. The molecule has 6 nitrogen and oxygen atoms in total. The van der Waals surface area contributed by atoms with Gasteiger partial charge in [-0.25, -0.2) is 4.98 Å². The predicted octanol–water partition coefficient (Wildman–Crippen LogP) is 1.16. The van der Waals surface area contributed by atoms with Gasteiger partial charge >= 0.3 is 6.18 Å². The van der Waals surface area contributed by atoms with Gasteiger partial charge in [0.2, 0.25) is 0 Å². The van der Waals surface area contributed by atoms with Crippen LogP contribution < -0.4 is 4.90 Å². The van der Waals surface area contributed by atoms with Gasteiger partial charge in [-0.2, -0.15) is 13.2 Å². The highest BCUT2D eigenvalue weighted by Crippen LogP contribution is 2.29. The van der Waals surface area contributed by atoms with Gasteiger partial charge in [0.1, 0.15) is 11.5 Å². The lowest BCUT2D eigenvalue weighted by Gasteiger charge is -2.36. The normalized spacial score (nSPS) is 22.5. The quantitative estimate of drug-likeness (QED) is 0.805. The first-order valence-corrected chi connectivity index (χ1v) is 7.72. The molecule has 0 radical (unpaired) electrons. The first-order valence-electron chi connectivity index (χ1n) is 7.72. The maximum atomic E-state index is 12.8. The number of morpholine rings is 2. The Bertz CT molecular complexity index is 591. The van der Waals surface area contributed by atoms with Crippen LogP contribution in [0.25, 0.3) is 0 Å². The standard InChI is InChI=1S/C15H18F3N3O3/c16-15(17,18)12-2-1-3-13(19-12)21-6-9-24-11(10-21)14(22)20-4-7-23-8-5-20/h1-3,11H,4-10H2. The molecule has 3 heterocycles. The maximum absolute atomic E-state index is 12.8. The van der Waals surface area contributed by atoms with E-state index in [-0.39, 0.29) is 24.9 Å². The first-order chi connectivity index (χ1) is 11.4. The van der Waals surface area contributed by atoms with Gasteiger partial charge in [0.05, 0.1) is 26.4 Å². The van der Waals surface area contributed by atoms with Gasteiger partial charge in [0.15, 0.2) is 6.10 Å². The van der Waals surface area contributed by atoms with Crippen LogP contribution in [0.5, 0.6) is 0 Å². The van der Waals surface area contributed by atoms with E-state index in [4.69, 9.17) is 9.47 Å². The number of anilines is 1. The Kier molecular flexibility index (Phi) is 4.91. The second kappa shape index (κ2) is 6.94. The van der Waals surface area contributed by atoms with Gasteiger partial charge in [-0.3, -0.25) is 4.79 Å². The number of hydrogen-bond donors (Lipinski definition) is 0. The van der Waals surface area contributed by atoms with Crippen LogP contribution in [0.1, 0.15) is 5.69 Å². The van der Waals surface area contributed by atoms with E-state index < -0.39 is 18.0 Å². The van der Waals surface area contributed by atoms with Crippen molar-refractivity contribution in [1.82, 2.24) is 9.88 Å². The summed E-state index contributed by atoms with van der Waals surface area (Å²) in [4.78, 5) is 19.5. The lowest BCUT2D eigenvalue weighted by molar-refractivity contribution is -0.148. The summed E-state index contributed by atoms with van der Waals surface area (Å²) in [5, 5.41) is 0. The molecule has 0 bridgehead atoms. The molecule has 2 aliphatic heterocycles. The van der Waals surface area contributed by atoms with Gasteiger partial charge in [-0.05, 0) is 12.1 Å². The van der Waals surface area contributed by atoms with Gasteiger partial charge in [-0.15, -0.1) is 0 Å². The lowest BCUT2D eigenvalue weighted by atomic mass is 10.2. The molecule has 0 aliphatic carbocycles. The Labute approximate surface area is 137 Å². The molecule has 0 saturated carbocycles. The third kappa shape index (κ3) is 3.78. The summed E-state index contributed by atoms with van der Waals surface area (Å²) in [6.45, 7) is 2.81. The van der Waals surface area contributed by atoms with E-state index in [1.807, 2.05) is 0 Å². The summed E-state index contributed by atoms with van der Waals surface area (Å²) in [5.74, 6) is 0.0443. The summed E-state index contributed by atoms with van der Waals surface area (Å²) < 4.78 is 49.1. The lowest BCUT2D eigenvalue weighted by Crippen LogP contribution is -2.53. The zero-order valence-electron chi connectivity index (χ0n) is 13.0. The molecule has 1 unspecified atom stereocenters. The van der Waals surface area contributed by atoms with Crippen LogP contribution in [0, 0.1) is 0 Å². The summed E-state index contributed by atoms with van der Waals surface area (Å²) in [5.41, 5.74) is -0.942. The molecule has 24 heavy (non-hydrogen) atoms. The minimum absolute atomic E-state index is 0.157. The van der Waals surface area contributed by atoms with E-state index >= 15 is 0 Å². The van der Waals surface area contributed by atoms with Crippen LogP contribution in [0.3, 0.4) is 0 Å². The van der Waals surface area contributed by atoms with Crippen LogP contribution in [0.15, 0.2) is 18.2 Å². The molecule has 2 fully saturated rings. The molecular weight excluding hydrogens is 327 g/mol. The number of carbonyl (C=O) groups excluding carboxylic acids is 1. The highest BCUT2D eigenvalue weighted by molar-refractivity contribution is 5.82. The number of hydrogen-bond acceptors (Lipinski definition) is 5. The van der Waals surface area contributed by atoms with E-state index in [0.29, 0.717) is 32.8 Å². The summed E-state index contributed by atoms with van der Waals surface area (Å²) in [6.07, 6.45) is -5.20. The molecule has 2 aliphatic rings. The molecule has 132 valence electrons. The van der Waals surface area contributed by atoms with Crippen molar-refractivity contribution in [2.45, 2.75) is 12.3 Å². The largest absolute Gasteiger partial charge is 0.433 e. The van der Waals surface area contributed by atoms with Crippen LogP contribution in [0.4, 0.5) is 19.0 Å². The highest BCUT2D eigenvalue weighted by Gasteiger charge is 2.35. The fourth-order valence-corrected chi connectivity index (χ4v) is 2.75. The number of halogens is 3.